The van der Waals surface area contributed by atoms with Crippen LogP contribution < -0.4 is 0 Å². The molecule has 2 aromatic rings. The lowest BCUT2D eigenvalue weighted by Crippen LogP contribution is -2.07. The summed E-state index contributed by atoms with van der Waals surface area (Å²) < 4.78 is 51.9. The maximum atomic E-state index is 13.5. The van der Waals surface area contributed by atoms with Gasteiger partial charge >= 0.3 is 6.18 Å². The van der Waals surface area contributed by atoms with E-state index in [1.165, 1.54) is 19.1 Å². The van der Waals surface area contributed by atoms with E-state index in [4.69, 9.17) is 0 Å². The molecule has 4 heteroatoms. The van der Waals surface area contributed by atoms with Crippen LogP contribution in [0.2, 0.25) is 0 Å². The van der Waals surface area contributed by atoms with Gasteiger partial charge in [-0.25, -0.2) is 4.39 Å². The molecule has 0 radical (unpaired) electrons. The summed E-state index contributed by atoms with van der Waals surface area (Å²) in [6.07, 6.45) is -4.40. The highest BCUT2D eigenvalue weighted by Crippen LogP contribution is 2.34. The standard InChI is InChI=1S/C15H12F4/c1-9-3-5-11(7-13(9)15(17,18)19)12-6-4-10(2)14(16)8-12/h3-8H,1-2H3. The van der Waals surface area contributed by atoms with Gasteiger partial charge in [-0.1, -0.05) is 24.3 Å². The van der Waals surface area contributed by atoms with Crippen LogP contribution in [0.4, 0.5) is 17.6 Å². The molecule has 0 unspecified atom stereocenters. The second-order valence-corrected chi connectivity index (χ2v) is 4.49. The van der Waals surface area contributed by atoms with Gasteiger partial charge in [0, 0.05) is 0 Å². The van der Waals surface area contributed by atoms with Crippen molar-refractivity contribution in [1.82, 2.24) is 0 Å². The Labute approximate surface area is 108 Å². The van der Waals surface area contributed by atoms with E-state index >= 15 is 0 Å². The molecule has 0 saturated carbocycles. The second-order valence-electron chi connectivity index (χ2n) is 4.49. The lowest BCUT2D eigenvalue weighted by atomic mass is 9.98. The molecule has 0 fully saturated rings. The Hall–Kier alpha value is -1.84. The zero-order chi connectivity index (χ0) is 14.2. The summed E-state index contributed by atoms with van der Waals surface area (Å²) in [6, 6.07) is 8.44. The highest BCUT2D eigenvalue weighted by atomic mass is 19.4. The van der Waals surface area contributed by atoms with Crippen LogP contribution in [-0.4, -0.2) is 0 Å². The number of hydrogen-bond acceptors (Lipinski definition) is 0. The molecule has 0 aliphatic heterocycles. The van der Waals surface area contributed by atoms with Gasteiger partial charge in [0.05, 0.1) is 5.56 Å². The minimum atomic E-state index is -4.40. The monoisotopic (exact) mass is 268 g/mol. The van der Waals surface area contributed by atoms with Crippen LogP contribution in [0, 0.1) is 19.7 Å². The van der Waals surface area contributed by atoms with Crippen LogP contribution in [0.25, 0.3) is 11.1 Å². The van der Waals surface area contributed by atoms with E-state index in [1.54, 1.807) is 25.1 Å². The number of alkyl halides is 3. The van der Waals surface area contributed by atoms with Crippen molar-refractivity contribution in [2.45, 2.75) is 20.0 Å². The molecule has 0 aromatic heterocycles. The van der Waals surface area contributed by atoms with Crippen molar-refractivity contribution >= 4 is 0 Å². The number of rotatable bonds is 1. The molecule has 0 heterocycles. The smallest absolute Gasteiger partial charge is 0.207 e. The van der Waals surface area contributed by atoms with E-state index in [2.05, 4.69) is 0 Å². The Morgan fingerprint density at radius 1 is 0.789 bits per heavy atom. The average molecular weight is 268 g/mol. The van der Waals surface area contributed by atoms with Gasteiger partial charge < -0.3 is 0 Å². The third kappa shape index (κ3) is 2.78. The fourth-order valence-electron chi connectivity index (χ4n) is 1.88. The molecule has 19 heavy (non-hydrogen) atoms. The van der Waals surface area contributed by atoms with Crippen molar-refractivity contribution in [2.24, 2.45) is 0 Å². The molecule has 0 N–H and O–H groups in total. The molecule has 2 rings (SSSR count). The number of aryl methyl sites for hydroxylation is 2. The van der Waals surface area contributed by atoms with Crippen LogP contribution in [0.3, 0.4) is 0 Å². The first kappa shape index (κ1) is 13.6. The Balaban J connectivity index is 2.54. The summed E-state index contributed by atoms with van der Waals surface area (Å²) in [7, 11) is 0. The van der Waals surface area contributed by atoms with Crippen molar-refractivity contribution in [1.29, 1.82) is 0 Å². The zero-order valence-corrected chi connectivity index (χ0v) is 10.5. The average Bonchev–Trinajstić information content (AvgIpc) is 2.32. The molecule has 0 aliphatic carbocycles. The third-order valence-corrected chi connectivity index (χ3v) is 3.05. The van der Waals surface area contributed by atoms with Gasteiger partial charge in [-0.3, -0.25) is 0 Å². The summed E-state index contributed by atoms with van der Waals surface area (Å²) in [5.74, 6) is -0.424. The molecular formula is C15H12F4. The van der Waals surface area contributed by atoms with Gasteiger partial charge in [0.25, 0.3) is 0 Å². The maximum absolute atomic E-state index is 13.5. The minimum Gasteiger partial charge on any atom is -0.207 e. The molecule has 0 amide bonds. The first-order valence-corrected chi connectivity index (χ1v) is 5.73. The fraction of sp³-hybridized carbons (Fsp3) is 0.200. The van der Waals surface area contributed by atoms with Gasteiger partial charge in [0.2, 0.25) is 0 Å². The topological polar surface area (TPSA) is 0 Å². The van der Waals surface area contributed by atoms with Crippen molar-refractivity contribution in [3.05, 3.63) is 58.9 Å². The van der Waals surface area contributed by atoms with Gasteiger partial charge in [0.1, 0.15) is 5.82 Å². The summed E-state index contributed by atoms with van der Waals surface area (Å²) in [5, 5.41) is 0. The van der Waals surface area contributed by atoms with Crippen LogP contribution in [-0.2, 0) is 6.18 Å². The Bertz CT molecular complexity index is 612. The van der Waals surface area contributed by atoms with E-state index < -0.39 is 17.6 Å². The van der Waals surface area contributed by atoms with E-state index in [-0.39, 0.29) is 5.56 Å². The van der Waals surface area contributed by atoms with Crippen molar-refractivity contribution < 1.29 is 17.6 Å². The van der Waals surface area contributed by atoms with E-state index in [9.17, 15) is 17.6 Å². The van der Waals surface area contributed by atoms with Gasteiger partial charge in [-0.05, 0) is 48.2 Å². The third-order valence-electron chi connectivity index (χ3n) is 3.05. The summed E-state index contributed by atoms with van der Waals surface area (Å²) in [4.78, 5) is 0. The molecule has 0 nitrogen and oxygen atoms in total. The summed E-state index contributed by atoms with van der Waals surface area (Å²) >= 11 is 0. The molecule has 0 bridgehead atoms. The molecule has 0 aliphatic rings. The zero-order valence-electron chi connectivity index (χ0n) is 10.5. The lowest BCUT2D eigenvalue weighted by Gasteiger charge is -2.12. The van der Waals surface area contributed by atoms with Crippen LogP contribution in [0.5, 0.6) is 0 Å². The molecule has 0 spiro atoms. The Morgan fingerprint density at radius 3 is 1.84 bits per heavy atom. The molecule has 2 aromatic carbocycles. The van der Waals surface area contributed by atoms with Crippen LogP contribution in [0.15, 0.2) is 36.4 Å². The van der Waals surface area contributed by atoms with Crippen molar-refractivity contribution in [3.63, 3.8) is 0 Å². The van der Waals surface area contributed by atoms with E-state index in [1.807, 2.05) is 0 Å². The molecular weight excluding hydrogens is 256 g/mol. The van der Waals surface area contributed by atoms with Gasteiger partial charge in [-0.15, -0.1) is 0 Å². The largest absolute Gasteiger partial charge is 0.416 e. The van der Waals surface area contributed by atoms with Gasteiger partial charge in [-0.2, -0.15) is 13.2 Å². The van der Waals surface area contributed by atoms with Gasteiger partial charge in [0.15, 0.2) is 0 Å². The quantitative estimate of drug-likeness (QED) is 0.629. The lowest BCUT2D eigenvalue weighted by molar-refractivity contribution is -0.138. The van der Waals surface area contributed by atoms with Crippen LogP contribution >= 0.6 is 0 Å². The van der Waals surface area contributed by atoms with Crippen molar-refractivity contribution in [2.75, 3.05) is 0 Å². The molecule has 0 saturated heterocycles. The van der Waals surface area contributed by atoms with Crippen LogP contribution in [0.1, 0.15) is 16.7 Å². The first-order valence-electron chi connectivity index (χ1n) is 5.73. The molecule has 0 atom stereocenters. The number of halogens is 4. The second kappa shape index (κ2) is 4.68. The minimum absolute atomic E-state index is 0.156. The maximum Gasteiger partial charge on any atom is 0.416 e. The number of hydrogen-bond donors (Lipinski definition) is 0. The predicted octanol–water partition coefficient (Wildman–Crippen LogP) is 5.13. The summed E-state index contributed by atoms with van der Waals surface area (Å²) in [5.41, 5.74) is 0.729. The highest BCUT2D eigenvalue weighted by Gasteiger charge is 2.32. The Morgan fingerprint density at radius 2 is 1.32 bits per heavy atom. The predicted molar refractivity (Wildman–Crippen MR) is 66.3 cm³/mol. The number of benzene rings is 2. The van der Waals surface area contributed by atoms with E-state index in [0.717, 1.165) is 6.07 Å². The van der Waals surface area contributed by atoms with Crippen molar-refractivity contribution in [3.8, 4) is 11.1 Å². The normalized spacial score (nSPS) is 11.7. The fourth-order valence-corrected chi connectivity index (χ4v) is 1.88. The summed E-state index contributed by atoms with van der Waals surface area (Å²) in [6.45, 7) is 3.01. The molecule has 100 valence electrons. The Kier molecular flexibility index (Phi) is 3.35. The SMILES string of the molecule is Cc1ccc(-c2ccc(C)c(C(F)(F)F)c2)cc1F. The highest BCUT2D eigenvalue weighted by molar-refractivity contribution is 5.65. The van der Waals surface area contributed by atoms with E-state index in [0.29, 0.717) is 16.7 Å². The first-order chi connectivity index (χ1) is 8.79.